The molecule has 0 bridgehead atoms. The van der Waals surface area contributed by atoms with Crippen LogP contribution >= 0.6 is 0 Å². The lowest BCUT2D eigenvalue weighted by Gasteiger charge is -2.30. The third-order valence-electron chi connectivity index (χ3n) is 3.44. The first kappa shape index (κ1) is 13.5. The highest BCUT2D eigenvalue weighted by atomic mass is 15.1. The Hall–Kier alpha value is -0.590. The van der Waals surface area contributed by atoms with E-state index in [1.807, 2.05) is 0 Å². The predicted molar refractivity (Wildman–Crippen MR) is 67.2 cm³/mol. The van der Waals surface area contributed by atoms with Crippen LogP contribution in [0.1, 0.15) is 44.9 Å². The molecule has 1 N–H and O–H groups in total. The van der Waals surface area contributed by atoms with Gasteiger partial charge in [0.25, 0.3) is 0 Å². The van der Waals surface area contributed by atoms with Crippen LogP contribution in [0.15, 0.2) is 0 Å². The fourth-order valence-corrected chi connectivity index (χ4v) is 2.36. The SMILES string of the molecule is CN(C)CCNC1(C#N)CCCCCCC1. The minimum absolute atomic E-state index is 0.240. The Bertz CT molecular complexity index is 222. The molecule has 0 aromatic heterocycles. The van der Waals surface area contributed by atoms with Gasteiger partial charge in [0.05, 0.1) is 6.07 Å². The summed E-state index contributed by atoms with van der Waals surface area (Å²) in [5, 5.41) is 12.9. The molecule has 0 heterocycles. The molecule has 3 nitrogen and oxygen atoms in total. The van der Waals surface area contributed by atoms with Gasteiger partial charge in [0.1, 0.15) is 5.54 Å². The van der Waals surface area contributed by atoms with Gasteiger partial charge in [-0.1, -0.05) is 32.1 Å². The Morgan fingerprint density at radius 2 is 1.69 bits per heavy atom. The maximum absolute atomic E-state index is 9.40. The zero-order valence-corrected chi connectivity index (χ0v) is 10.8. The third-order valence-corrected chi connectivity index (χ3v) is 3.44. The topological polar surface area (TPSA) is 39.1 Å². The molecule has 0 aromatic carbocycles. The van der Waals surface area contributed by atoms with Crippen LogP contribution in [-0.2, 0) is 0 Å². The van der Waals surface area contributed by atoms with Crippen molar-refractivity contribution in [3.63, 3.8) is 0 Å². The van der Waals surface area contributed by atoms with Crippen LogP contribution < -0.4 is 5.32 Å². The van der Waals surface area contributed by atoms with Crippen molar-refractivity contribution in [3.05, 3.63) is 0 Å². The molecule has 1 aliphatic rings. The van der Waals surface area contributed by atoms with Crippen LogP contribution in [0.25, 0.3) is 0 Å². The molecule has 1 saturated carbocycles. The molecule has 0 radical (unpaired) electrons. The molecular formula is C13H25N3. The molecule has 1 fully saturated rings. The van der Waals surface area contributed by atoms with E-state index in [0.29, 0.717) is 0 Å². The maximum Gasteiger partial charge on any atom is 0.106 e. The Morgan fingerprint density at radius 1 is 1.12 bits per heavy atom. The monoisotopic (exact) mass is 223 g/mol. The van der Waals surface area contributed by atoms with Crippen molar-refractivity contribution in [2.24, 2.45) is 0 Å². The summed E-state index contributed by atoms with van der Waals surface area (Å²) in [6.07, 6.45) is 8.37. The van der Waals surface area contributed by atoms with Gasteiger partial charge >= 0.3 is 0 Å². The second kappa shape index (κ2) is 6.88. The number of nitriles is 1. The predicted octanol–water partition coefficient (Wildman–Crippen LogP) is 2.14. The van der Waals surface area contributed by atoms with Gasteiger partial charge in [-0.3, -0.25) is 5.32 Å². The minimum Gasteiger partial charge on any atom is -0.308 e. The van der Waals surface area contributed by atoms with Gasteiger partial charge in [-0.05, 0) is 26.9 Å². The molecule has 3 heteroatoms. The smallest absolute Gasteiger partial charge is 0.106 e. The number of hydrogen-bond acceptors (Lipinski definition) is 3. The highest BCUT2D eigenvalue weighted by Gasteiger charge is 2.29. The van der Waals surface area contributed by atoms with Crippen molar-refractivity contribution in [1.82, 2.24) is 10.2 Å². The average Bonchev–Trinajstić information content (AvgIpc) is 2.21. The van der Waals surface area contributed by atoms with Crippen molar-refractivity contribution >= 4 is 0 Å². The van der Waals surface area contributed by atoms with Crippen molar-refractivity contribution in [3.8, 4) is 6.07 Å². The van der Waals surface area contributed by atoms with E-state index in [0.717, 1.165) is 25.9 Å². The second-order valence-corrected chi connectivity index (χ2v) is 5.19. The van der Waals surface area contributed by atoms with Crippen LogP contribution in [0.4, 0.5) is 0 Å². The molecule has 0 atom stereocenters. The first-order chi connectivity index (χ1) is 7.68. The number of rotatable bonds is 4. The fourth-order valence-electron chi connectivity index (χ4n) is 2.36. The summed E-state index contributed by atoms with van der Waals surface area (Å²) in [5.74, 6) is 0. The van der Waals surface area contributed by atoms with E-state index < -0.39 is 0 Å². The van der Waals surface area contributed by atoms with E-state index in [4.69, 9.17) is 0 Å². The molecule has 0 unspecified atom stereocenters. The number of likely N-dealkylation sites (N-methyl/N-ethyl adjacent to an activating group) is 1. The largest absolute Gasteiger partial charge is 0.308 e. The number of nitrogens with one attached hydrogen (secondary N) is 1. The Balaban J connectivity index is 2.43. The van der Waals surface area contributed by atoms with Crippen LogP contribution in [0, 0.1) is 11.3 Å². The zero-order valence-electron chi connectivity index (χ0n) is 10.8. The molecule has 0 saturated heterocycles. The quantitative estimate of drug-likeness (QED) is 0.793. The Labute approximate surface area is 99.8 Å². The summed E-state index contributed by atoms with van der Waals surface area (Å²) >= 11 is 0. The van der Waals surface area contributed by atoms with Crippen LogP contribution in [0.5, 0.6) is 0 Å². The van der Waals surface area contributed by atoms with Gasteiger partial charge in [0.2, 0.25) is 0 Å². The van der Waals surface area contributed by atoms with Gasteiger partial charge in [0, 0.05) is 13.1 Å². The summed E-state index contributed by atoms with van der Waals surface area (Å²) in [6, 6.07) is 2.53. The minimum atomic E-state index is -0.240. The van der Waals surface area contributed by atoms with Crippen molar-refractivity contribution < 1.29 is 0 Å². The van der Waals surface area contributed by atoms with Gasteiger partial charge in [-0.15, -0.1) is 0 Å². The first-order valence-corrected chi connectivity index (χ1v) is 6.49. The summed E-state index contributed by atoms with van der Waals surface area (Å²) < 4.78 is 0. The normalized spacial score (nSPS) is 21.1. The summed E-state index contributed by atoms with van der Waals surface area (Å²) in [4.78, 5) is 2.15. The lowest BCUT2D eigenvalue weighted by molar-refractivity contribution is 0.297. The molecule has 16 heavy (non-hydrogen) atoms. The van der Waals surface area contributed by atoms with Crippen LogP contribution in [0.2, 0.25) is 0 Å². The Morgan fingerprint density at radius 3 is 2.19 bits per heavy atom. The van der Waals surface area contributed by atoms with Gasteiger partial charge in [-0.25, -0.2) is 0 Å². The van der Waals surface area contributed by atoms with E-state index in [1.54, 1.807) is 0 Å². The number of hydrogen-bond donors (Lipinski definition) is 1. The Kier molecular flexibility index (Phi) is 5.79. The summed E-state index contributed by atoms with van der Waals surface area (Å²) in [7, 11) is 4.14. The lowest BCUT2D eigenvalue weighted by Crippen LogP contribution is -2.46. The molecule has 1 rings (SSSR count). The van der Waals surface area contributed by atoms with Crippen molar-refractivity contribution in [2.75, 3.05) is 27.2 Å². The van der Waals surface area contributed by atoms with Gasteiger partial charge < -0.3 is 4.90 Å². The average molecular weight is 223 g/mol. The van der Waals surface area contributed by atoms with Crippen LogP contribution in [-0.4, -0.2) is 37.6 Å². The summed E-state index contributed by atoms with van der Waals surface area (Å²) in [6.45, 7) is 1.92. The molecule has 1 aliphatic carbocycles. The van der Waals surface area contributed by atoms with E-state index in [9.17, 15) is 5.26 Å². The third kappa shape index (κ3) is 4.51. The van der Waals surface area contributed by atoms with Crippen molar-refractivity contribution in [2.45, 2.75) is 50.5 Å². The maximum atomic E-state index is 9.40. The fraction of sp³-hybridized carbons (Fsp3) is 0.923. The van der Waals surface area contributed by atoms with Crippen LogP contribution in [0.3, 0.4) is 0 Å². The van der Waals surface area contributed by atoms with Crippen molar-refractivity contribution in [1.29, 1.82) is 5.26 Å². The highest BCUT2D eigenvalue weighted by molar-refractivity contribution is 5.07. The van der Waals surface area contributed by atoms with E-state index in [1.165, 1.54) is 32.1 Å². The molecular weight excluding hydrogens is 198 g/mol. The van der Waals surface area contributed by atoms with E-state index >= 15 is 0 Å². The lowest BCUT2D eigenvalue weighted by atomic mass is 9.85. The standard InChI is InChI=1S/C13H25N3/c1-16(2)11-10-15-13(12-14)8-6-4-3-5-7-9-13/h15H,3-11H2,1-2H3. The molecule has 0 aliphatic heterocycles. The highest BCUT2D eigenvalue weighted by Crippen LogP contribution is 2.25. The van der Waals surface area contributed by atoms with E-state index in [2.05, 4.69) is 30.4 Å². The molecule has 0 aromatic rings. The second-order valence-electron chi connectivity index (χ2n) is 5.19. The number of nitrogens with zero attached hydrogens (tertiary/aromatic N) is 2. The molecule has 0 amide bonds. The summed E-state index contributed by atoms with van der Waals surface area (Å²) in [5.41, 5.74) is -0.240. The van der Waals surface area contributed by atoms with Gasteiger partial charge in [0.15, 0.2) is 0 Å². The zero-order chi connectivity index (χ0) is 11.9. The molecule has 0 spiro atoms. The van der Waals surface area contributed by atoms with Gasteiger partial charge in [-0.2, -0.15) is 5.26 Å². The first-order valence-electron chi connectivity index (χ1n) is 6.49. The molecule has 92 valence electrons. The van der Waals surface area contributed by atoms with E-state index in [-0.39, 0.29) is 5.54 Å².